The molecule has 2 fully saturated rings. The van der Waals surface area contributed by atoms with Crippen LogP contribution in [-0.4, -0.2) is 53.4 Å². The van der Waals surface area contributed by atoms with Gasteiger partial charge in [0.2, 0.25) is 5.91 Å². The molecule has 2 aliphatic heterocycles. The van der Waals surface area contributed by atoms with Gasteiger partial charge in [-0.15, -0.1) is 0 Å². The minimum atomic E-state index is -0.202. The van der Waals surface area contributed by atoms with E-state index in [1.165, 1.54) is 0 Å². The molecule has 2 rings (SSSR count). The Morgan fingerprint density at radius 1 is 1.59 bits per heavy atom. The average Bonchev–Trinajstić information content (AvgIpc) is 2.68. The van der Waals surface area contributed by atoms with Gasteiger partial charge in [-0.1, -0.05) is 0 Å². The Labute approximate surface area is 106 Å². The third-order valence-corrected chi connectivity index (χ3v) is 4.21. The van der Waals surface area contributed by atoms with E-state index >= 15 is 0 Å². The second-order valence-electron chi connectivity index (χ2n) is 4.88. The Bertz CT molecular complexity index is 327. The number of amides is 1. The fourth-order valence-corrected chi connectivity index (χ4v) is 3.02. The fourth-order valence-electron chi connectivity index (χ4n) is 2.12. The highest BCUT2D eigenvalue weighted by Gasteiger charge is 2.32. The maximum Gasteiger partial charge on any atom is 0.220 e. The highest BCUT2D eigenvalue weighted by Crippen LogP contribution is 2.19. The van der Waals surface area contributed by atoms with E-state index in [9.17, 15) is 4.79 Å². The highest BCUT2D eigenvalue weighted by molar-refractivity contribution is 7.99. The molecule has 0 aromatic rings. The molecule has 0 aromatic carbocycles. The standard InChI is InChI=1S/C11H20N4OS/c1-11(3-2-9(16)14-11)8-13-10(12)15-4-6-17-7-5-15/h2-8H2,1H3,(H2,12,13)(H,14,16). The number of hydrogen-bond acceptors (Lipinski definition) is 3. The summed E-state index contributed by atoms with van der Waals surface area (Å²) in [6.07, 6.45) is 1.45. The zero-order chi connectivity index (χ0) is 12.3. The number of rotatable bonds is 2. The molecule has 2 heterocycles. The van der Waals surface area contributed by atoms with Crippen molar-refractivity contribution in [1.82, 2.24) is 10.2 Å². The van der Waals surface area contributed by atoms with Gasteiger partial charge in [-0.25, -0.2) is 0 Å². The molecule has 0 bridgehead atoms. The summed E-state index contributed by atoms with van der Waals surface area (Å²) in [6, 6.07) is 0. The van der Waals surface area contributed by atoms with Crippen LogP contribution in [0.2, 0.25) is 0 Å². The number of aliphatic imine (C=N–C) groups is 1. The topological polar surface area (TPSA) is 70.7 Å². The van der Waals surface area contributed by atoms with Gasteiger partial charge in [0.25, 0.3) is 0 Å². The second kappa shape index (κ2) is 5.16. The summed E-state index contributed by atoms with van der Waals surface area (Å²) in [4.78, 5) is 17.8. The number of nitrogens with two attached hydrogens (primary N) is 1. The number of nitrogens with one attached hydrogen (secondary N) is 1. The number of carbonyl (C=O) groups is 1. The van der Waals surface area contributed by atoms with E-state index in [4.69, 9.17) is 5.73 Å². The minimum Gasteiger partial charge on any atom is -0.370 e. The molecule has 0 radical (unpaired) electrons. The summed E-state index contributed by atoms with van der Waals surface area (Å²) in [5.41, 5.74) is 5.77. The van der Waals surface area contributed by atoms with E-state index in [0.717, 1.165) is 31.0 Å². The van der Waals surface area contributed by atoms with E-state index < -0.39 is 0 Å². The lowest BCUT2D eigenvalue weighted by molar-refractivity contribution is -0.119. The van der Waals surface area contributed by atoms with Gasteiger partial charge in [-0.3, -0.25) is 9.79 Å². The predicted octanol–water partition coefficient (Wildman–Crippen LogP) is 0.0186. The number of hydrogen-bond donors (Lipinski definition) is 2. The lowest BCUT2D eigenvalue weighted by Crippen LogP contribution is -2.45. The van der Waals surface area contributed by atoms with Gasteiger partial charge < -0.3 is 16.0 Å². The molecular weight excluding hydrogens is 236 g/mol. The molecular formula is C11H20N4OS. The molecule has 0 aliphatic carbocycles. The van der Waals surface area contributed by atoms with Crippen LogP contribution in [0.1, 0.15) is 19.8 Å². The van der Waals surface area contributed by atoms with Crippen LogP contribution in [0.25, 0.3) is 0 Å². The second-order valence-corrected chi connectivity index (χ2v) is 6.11. The molecule has 2 aliphatic rings. The SMILES string of the molecule is CC1(CN=C(N)N2CCSCC2)CCC(=O)N1. The maximum atomic E-state index is 11.2. The molecule has 96 valence electrons. The van der Waals surface area contributed by atoms with Crippen molar-refractivity contribution in [2.75, 3.05) is 31.1 Å². The van der Waals surface area contributed by atoms with Gasteiger partial charge in [0.1, 0.15) is 0 Å². The lowest BCUT2D eigenvalue weighted by atomic mass is 10.0. The third-order valence-electron chi connectivity index (χ3n) is 3.27. The number of carbonyl (C=O) groups excluding carboxylic acids is 1. The van der Waals surface area contributed by atoms with Crippen molar-refractivity contribution in [3.05, 3.63) is 0 Å². The molecule has 3 N–H and O–H groups in total. The lowest BCUT2D eigenvalue weighted by Gasteiger charge is -2.28. The summed E-state index contributed by atoms with van der Waals surface area (Å²) < 4.78 is 0. The Hall–Kier alpha value is -0.910. The quantitative estimate of drug-likeness (QED) is 0.540. The monoisotopic (exact) mass is 256 g/mol. The molecule has 1 amide bonds. The normalized spacial score (nSPS) is 30.5. The number of guanidine groups is 1. The first-order valence-corrected chi connectivity index (χ1v) is 7.18. The molecule has 0 aromatic heterocycles. The molecule has 6 heteroatoms. The van der Waals surface area contributed by atoms with Crippen molar-refractivity contribution < 1.29 is 4.79 Å². The van der Waals surface area contributed by atoms with Crippen molar-refractivity contribution in [3.8, 4) is 0 Å². The summed E-state index contributed by atoms with van der Waals surface area (Å²) in [5.74, 6) is 2.97. The molecule has 0 spiro atoms. The first kappa shape index (κ1) is 12.5. The third kappa shape index (κ3) is 3.28. The highest BCUT2D eigenvalue weighted by atomic mass is 32.2. The molecule has 1 atom stereocenters. The summed E-state index contributed by atoms with van der Waals surface area (Å²) in [6.45, 7) is 4.56. The molecule has 2 saturated heterocycles. The largest absolute Gasteiger partial charge is 0.370 e. The zero-order valence-electron chi connectivity index (χ0n) is 10.2. The summed E-state index contributed by atoms with van der Waals surface area (Å²) in [5, 5.41) is 2.96. The first-order valence-electron chi connectivity index (χ1n) is 6.03. The van der Waals surface area contributed by atoms with Crippen molar-refractivity contribution in [2.24, 2.45) is 10.7 Å². The Kier molecular flexibility index (Phi) is 3.81. The van der Waals surface area contributed by atoms with Crippen LogP contribution in [-0.2, 0) is 4.79 Å². The maximum absolute atomic E-state index is 11.2. The number of thioether (sulfide) groups is 1. The van der Waals surface area contributed by atoms with Crippen LogP contribution >= 0.6 is 11.8 Å². The van der Waals surface area contributed by atoms with Gasteiger partial charge >= 0.3 is 0 Å². The van der Waals surface area contributed by atoms with E-state index in [0.29, 0.717) is 18.9 Å². The molecule has 17 heavy (non-hydrogen) atoms. The average molecular weight is 256 g/mol. The Morgan fingerprint density at radius 2 is 2.29 bits per heavy atom. The minimum absolute atomic E-state index is 0.121. The first-order chi connectivity index (χ1) is 8.09. The van der Waals surface area contributed by atoms with Crippen LogP contribution in [0.4, 0.5) is 0 Å². The van der Waals surface area contributed by atoms with Gasteiger partial charge in [0.05, 0.1) is 12.1 Å². The Morgan fingerprint density at radius 3 is 2.88 bits per heavy atom. The Balaban J connectivity index is 1.88. The van der Waals surface area contributed by atoms with Crippen molar-refractivity contribution in [3.63, 3.8) is 0 Å². The zero-order valence-corrected chi connectivity index (χ0v) is 11.1. The molecule has 0 saturated carbocycles. The van der Waals surface area contributed by atoms with Crippen LogP contribution < -0.4 is 11.1 Å². The van der Waals surface area contributed by atoms with Crippen LogP contribution in [0.15, 0.2) is 4.99 Å². The summed E-state index contributed by atoms with van der Waals surface area (Å²) in [7, 11) is 0. The van der Waals surface area contributed by atoms with Gasteiger partial charge in [-0.2, -0.15) is 11.8 Å². The molecule has 5 nitrogen and oxygen atoms in total. The summed E-state index contributed by atoms with van der Waals surface area (Å²) >= 11 is 1.95. The van der Waals surface area contributed by atoms with Crippen LogP contribution in [0.3, 0.4) is 0 Å². The van der Waals surface area contributed by atoms with Crippen LogP contribution in [0.5, 0.6) is 0 Å². The predicted molar refractivity (Wildman–Crippen MR) is 71.2 cm³/mol. The van der Waals surface area contributed by atoms with Crippen molar-refractivity contribution in [2.45, 2.75) is 25.3 Å². The van der Waals surface area contributed by atoms with E-state index in [2.05, 4.69) is 15.2 Å². The van der Waals surface area contributed by atoms with Gasteiger partial charge in [-0.05, 0) is 13.3 Å². The van der Waals surface area contributed by atoms with Gasteiger partial charge in [0.15, 0.2) is 5.96 Å². The fraction of sp³-hybridized carbons (Fsp3) is 0.818. The van der Waals surface area contributed by atoms with E-state index in [1.807, 2.05) is 18.7 Å². The number of nitrogens with zero attached hydrogens (tertiary/aromatic N) is 2. The molecule has 1 unspecified atom stereocenters. The van der Waals surface area contributed by atoms with Crippen molar-refractivity contribution >= 4 is 23.6 Å². The van der Waals surface area contributed by atoms with Gasteiger partial charge in [0, 0.05) is 31.0 Å². The van der Waals surface area contributed by atoms with Crippen LogP contribution in [0, 0.1) is 0 Å². The van der Waals surface area contributed by atoms with Crippen molar-refractivity contribution in [1.29, 1.82) is 0 Å². The smallest absolute Gasteiger partial charge is 0.220 e. The van der Waals surface area contributed by atoms with E-state index in [1.54, 1.807) is 0 Å². The van der Waals surface area contributed by atoms with E-state index in [-0.39, 0.29) is 11.4 Å².